The molecule has 2 rings (SSSR count). The second-order valence-electron chi connectivity index (χ2n) is 2.77. The molecule has 2 heterocycles. The molecule has 82 valence electrons. The van der Waals surface area contributed by atoms with E-state index in [0.717, 1.165) is 4.47 Å². The van der Waals surface area contributed by atoms with Crippen LogP contribution in [-0.2, 0) is 0 Å². The van der Waals surface area contributed by atoms with Crippen molar-refractivity contribution in [2.45, 2.75) is 10.1 Å². The number of hydrogen-bond donors (Lipinski definition) is 1. The lowest BCUT2D eigenvalue weighted by Crippen LogP contribution is -1.96. The fourth-order valence-corrected chi connectivity index (χ4v) is 2.40. The average Bonchev–Trinajstić information content (AvgIpc) is 2.27. The van der Waals surface area contributed by atoms with Gasteiger partial charge in [-0.15, -0.1) is 0 Å². The zero-order valence-electron chi connectivity index (χ0n) is 7.89. The van der Waals surface area contributed by atoms with Crippen molar-refractivity contribution in [2.24, 2.45) is 0 Å². The number of pyridine rings is 1. The van der Waals surface area contributed by atoms with E-state index in [1.54, 1.807) is 24.5 Å². The van der Waals surface area contributed by atoms with Crippen LogP contribution in [0.2, 0.25) is 5.02 Å². The largest absolute Gasteiger partial charge is 0.368 e. The second kappa shape index (κ2) is 4.99. The number of anilines is 1. The van der Waals surface area contributed by atoms with Crippen LogP contribution in [0.25, 0.3) is 0 Å². The van der Waals surface area contributed by atoms with Crippen LogP contribution in [0.15, 0.2) is 39.1 Å². The monoisotopic (exact) mass is 316 g/mol. The molecule has 0 aliphatic rings. The van der Waals surface area contributed by atoms with E-state index in [2.05, 4.69) is 30.9 Å². The van der Waals surface area contributed by atoms with Crippen molar-refractivity contribution >= 4 is 45.2 Å². The topological polar surface area (TPSA) is 64.7 Å². The molecular formula is C9H6BrClN4S. The van der Waals surface area contributed by atoms with Gasteiger partial charge >= 0.3 is 0 Å². The summed E-state index contributed by atoms with van der Waals surface area (Å²) in [4.78, 5) is 12.1. The van der Waals surface area contributed by atoms with E-state index in [1.165, 1.54) is 11.8 Å². The van der Waals surface area contributed by atoms with Crippen LogP contribution in [-0.4, -0.2) is 15.0 Å². The van der Waals surface area contributed by atoms with Gasteiger partial charge < -0.3 is 5.73 Å². The summed E-state index contributed by atoms with van der Waals surface area (Å²) < 4.78 is 0.758. The zero-order valence-corrected chi connectivity index (χ0v) is 11.1. The van der Waals surface area contributed by atoms with Crippen LogP contribution in [0.1, 0.15) is 0 Å². The first kappa shape index (κ1) is 11.6. The summed E-state index contributed by atoms with van der Waals surface area (Å²) in [6, 6.07) is 3.55. The highest BCUT2D eigenvalue weighted by Crippen LogP contribution is 2.34. The third kappa shape index (κ3) is 2.63. The summed E-state index contributed by atoms with van der Waals surface area (Å²) in [7, 11) is 0. The Kier molecular flexibility index (Phi) is 3.63. The lowest BCUT2D eigenvalue weighted by atomic mass is 10.5. The van der Waals surface area contributed by atoms with Crippen LogP contribution in [0.5, 0.6) is 0 Å². The summed E-state index contributed by atoms with van der Waals surface area (Å²) in [6.45, 7) is 0. The molecule has 7 heteroatoms. The molecular weight excluding hydrogens is 312 g/mol. The second-order valence-corrected chi connectivity index (χ2v) is 5.01. The van der Waals surface area contributed by atoms with Gasteiger partial charge in [-0.05, 0) is 39.8 Å². The molecule has 0 aromatic carbocycles. The van der Waals surface area contributed by atoms with Crippen molar-refractivity contribution in [3.8, 4) is 0 Å². The van der Waals surface area contributed by atoms with Crippen molar-refractivity contribution in [2.75, 3.05) is 5.73 Å². The van der Waals surface area contributed by atoms with Crippen molar-refractivity contribution in [1.82, 2.24) is 15.0 Å². The molecule has 0 saturated carbocycles. The number of nitrogens with two attached hydrogens (primary N) is 1. The Balaban J connectivity index is 2.34. The normalized spacial score (nSPS) is 10.4. The lowest BCUT2D eigenvalue weighted by molar-refractivity contribution is 1.03. The van der Waals surface area contributed by atoms with E-state index in [-0.39, 0.29) is 5.95 Å². The van der Waals surface area contributed by atoms with Gasteiger partial charge in [0, 0.05) is 12.4 Å². The first-order valence-electron chi connectivity index (χ1n) is 4.23. The maximum Gasteiger partial charge on any atom is 0.221 e. The number of nitrogens with zero attached hydrogens (tertiary/aromatic N) is 3. The van der Waals surface area contributed by atoms with E-state index in [0.29, 0.717) is 15.1 Å². The molecule has 2 aromatic heterocycles. The minimum Gasteiger partial charge on any atom is -0.368 e. The minimum absolute atomic E-state index is 0.220. The Morgan fingerprint density at radius 3 is 2.88 bits per heavy atom. The summed E-state index contributed by atoms with van der Waals surface area (Å²) in [5.41, 5.74) is 5.51. The van der Waals surface area contributed by atoms with Gasteiger partial charge in [-0.1, -0.05) is 11.6 Å². The standard InChI is InChI=1S/C9H6BrClN4S/c10-5-4-14-9(12)15-7(5)16-8-6(11)2-1-3-13-8/h1-4H,(H2,12,14,15). The van der Waals surface area contributed by atoms with Gasteiger partial charge in [0.15, 0.2) is 0 Å². The predicted molar refractivity (Wildman–Crippen MR) is 67.5 cm³/mol. The molecule has 0 aliphatic carbocycles. The average molecular weight is 318 g/mol. The highest BCUT2D eigenvalue weighted by atomic mass is 79.9. The molecule has 0 bridgehead atoms. The van der Waals surface area contributed by atoms with Crippen molar-refractivity contribution in [1.29, 1.82) is 0 Å². The van der Waals surface area contributed by atoms with Crippen LogP contribution < -0.4 is 5.73 Å². The number of rotatable bonds is 2. The lowest BCUT2D eigenvalue weighted by Gasteiger charge is -2.04. The Morgan fingerprint density at radius 1 is 1.31 bits per heavy atom. The highest BCUT2D eigenvalue weighted by Gasteiger charge is 2.09. The highest BCUT2D eigenvalue weighted by molar-refractivity contribution is 9.10. The molecule has 0 radical (unpaired) electrons. The van der Waals surface area contributed by atoms with Gasteiger partial charge in [-0.3, -0.25) is 0 Å². The molecule has 4 nitrogen and oxygen atoms in total. The van der Waals surface area contributed by atoms with Gasteiger partial charge in [0.1, 0.15) is 10.1 Å². The third-order valence-corrected chi connectivity index (χ3v) is 3.93. The Morgan fingerprint density at radius 2 is 2.12 bits per heavy atom. The SMILES string of the molecule is Nc1ncc(Br)c(Sc2ncccc2Cl)n1. The molecule has 0 amide bonds. The fraction of sp³-hybridized carbons (Fsp3) is 0. The summed E-state index contributed by atoms with van der Waals surface area (Å²) >= 11 is 10.7. The number of halogens is 2. The summed E-state index contributed by atoms with van der Waals surface area (Å²) in [6.07, 6.45) is 3.27. The Hall–Kier alpha value is -0.850. The van der Waals surface area contributed by atoms with Crippen LogP contribution >= 0.6 is 39.3 Å². The summed E-state index contributed by atoms with van der Waals surface area (Å²) in [5.74, 6) is 0.220. The van der Waals surface area contributed by atoms with Gasteiger partial charge in [-0.2, -0.15) is 0 Å². The fourth-order valence-electron chi connectivity index (χ4n) is 0.974. The van der Waals surface area contributed by atoms with Crippen molar-refractivity contribution in [3.05, 3.63) is 34.0 Å². The Bertz CT molecular complexity index is 523. The van der Waals surface area contributed by atoms with Gasteiger partial charge in [0.05, 0.1) is 9.50 Å². The molecule has 0 fully saturated rings. The van der Waals surface area contributed by atoms with Crippen molar-refractivity contribution in [3.63, 3.8) is 0 Å². The van der Waals surface area contributed by atoms with E-state index >= 15 is 0 Å². The predicted octanol–water partition coefficient (Wildman–Crippen LogP) is 3.02. The van der Waals surface area contributed by atoms with Crippen LogP contribution in [0.4, 0.5) is 5.95 Å². The molecule has 0 aliphatic heterocycles. The maximum atomic E-state index is 5.99. The first-order chi connectivity index (χ1) is 7.66. The van der Waals surface area contributed by atoms with Gasteiger partial charge in [-0.25, -0.2) is 15.0 Å². The van der Waals surface area contributed by atoms with E-state index in [1.807, 2.05) is 0 Å². The van der Waals surface area contributed by atoms with Crippen LogP contribution in [0.3, 0.4) is 0 Å². The first-order valence-corrected chi connectivity index (χ1v) is 6.22. The molecule has 0 atom stereocenters. The molecule has 0 saturated heterocycles. The minimum atomic E-state index is 0.220. The van der Waals surface area contributed by atoms with E-state index in [9.17, 15) is 0 Å². The Labute approximate surface area is 110 Å². The smallest absolute Gasteiger partial charge is 0.221 e. The molecule has 0 unspecified atom stereocenters. The molecule has 2 aromatic rings. The van der Waals surface area contributed by atoms with Crippen molar-refractivity contribution < 1.29 is 0 Å². The molecule has 0 spiro atoms. The zero-order chi connectivity index (χ0) is 11.5. The quantitative estimate of drug-likeness (QED) is 0.863. The number of nitrogen functional groups attached to an aromatic ring is 1. The molecule has 16 heavy (non-hydrogen) atoms. The van der Waals surface area contributed by atoms with Crippen LogP contribution in [0, 0.1) is 0 Å². The van der Waals surface area contributed by atoms with E-state index in [4.69, 9.17) is 17.3 Å². The number of aromatic nitrogens is 3. The maximum absolute atomic E-state index is 5.99. The van der Waals surface area contributed by atoms with Gasteiger partial charge in [0.2, 0.25) is 5.95 Å². The number of hydrogen-bond acceptors (Lipinski definition) is 5. The third-order valence-electron chi connectivity index (χ3n) is 1.65. The summed E-state index contributed by atoms with van der Waals surface area (Å²) in [5, 5.41) is 1.95. The molecule has 2 N–H and O–H groups in total. The van der Waals surface area contributed by atoms with E-state index < -0.39 is 0 Å². The van der Waals surface area contributed by atoms with Gasteiger partial charge in [0.25, 0.3) is 0 Å².